The van der Waals surface area contributed by atoms with Crippen molar-refractivity contribution in [3.63, 3.8) is 0 Å². The lowest BCUT2D eigenvalue weighted by Crippen LogP contribution is -2.12. The van der Waals surface area contributed by atoms with Crippen LogP contribution in [0.2, 0.25) is 0 Å². The molecule has 1 fully saturated rings. The Morgan fingerprint density at radius 1 is 1.17 bits per heavy atom. The van der Waals surface area contributed by atoms with Gasteiger partial charge in [-0.25, -0.2) is 0 Å². The predicted octanol–water partition coefficient (Wildman–Crippen LogP) is 3.88. The van der Waals surface area contributed by atoms with Gasteiger partial charge < -0.3 is 0 Å². The SMILES string of the molecule is C/C=C/C1C(C(C)(C)C)C1(C)C. The third-order valence-corrected chi connectivity index (χ3v) is 3.24. The first-order valence-electron chi connectivity index (χ1n) is 4.94. The first-order chi connectivity index (χ1) is 5.31. The van der Waals surface area contributed by atoms with Crippen molar-refractivity contribution in [2.24, 2.45) is 22.7 Å². The highest BCUT2D eigenvalue weighted by Gasteiger charge is 2.60. The molecule has 1 rings (SSSR count). The third kappa shape index (κ3) is 1.44. The van der Waals surface area contributed by atoms with E-state index >= 15 is 0 Å². The monoisotopic (exact) mass is 166 g/mol. The highest BCUT2D eigenvalue weighted by atomic mass is 14.6. The first-order valence-corrected chi connectivity index (χ1v) is 4.94. The van der Waals surface area contributed by atoms with Crippen LogP contribution in [-0.2, 0) is 0 Å². The van der Waals surface area contributed by atoms with E-state index in [9.17, 15) is 0 Å². The summed E-state index contributed by atoms with van der Waals surface area (Å²) in [5.74, 6) is 1.67. The largest absolute Gasteiger partial charge is 0.0914 e. The fraction of sp³-hybridized carbons (Fsp3) is 0.833. The molecule has 0 saturated heterocycles. The molecule has 1 aliphatic rings. The van der Waals surface area contributed by atoms with Crippen LogP contribution in [0.3, 0.4) is 0 Å². The third-order valence-electron chi connectivity index (χ3n) is 3.24. The van der Waals surface area contributed by atoms with Gasteiger partial charge >= 0.3 is 0 Å². The van der Waals surface area contributed by atoms with E-state index in [-0.39, 0.29) is 0 Å². The van der Waals surface area contributed by atoms with Gasteiger partial charge in [0.15, 0.2) is 0 Å². The molecule has 70 valence electrons. The Morgan fingerprint density at radius 3 is 1.92 bits per heavy atom. The summed E-state index contributed by atoms with van der Waals surface area (Å²) in [4.78, 5) is 0. The lowest BCUT2D eigenvalue weighted by atomic mass is 9.85. The van der Waals surface area contributed by atoms with E-state index in [1.165, 1.54) is 0 Å². The molecule has 0 bridgehead atoms. The van der Waals surface area contributed by atoms with Gasteiger partial charge in [-0.1, -0.05) is 46.8 Å². The number of allylic oxidation sites excluding steroid dienone is 2. The molecule has 1 aliphatic carbocycles. The maximum atomic E-state index is 2.38. The fourth-order valence-corrected chi connectivity index (χ4v) is 2.90. The molecule has 0 aromatic carbocycles. The molecule has 0 nitrogen and oxygen atoms in total. The van der Waals surface area contributed by atoms with Crippen molar-refractivity contribution < 1.29 is 0 Å². The Morgan fingerprint density at radius 2 is 1.67 bits per heavy atom. The molecule has 0 heterocycles. The van der Waals surface area contributed by atoms with Crippen LogP contribution in [0.25, 0.3) is 0 Å². The maximum absolute atomic E-state index is 2.38. The quantitative estimate of drug-likeness (QED) is 0.519. The van der Waals surface area contributed by atoms with Crippen molar-refractivity contribution in [1.29, 1.82) is 0 Å². The molecule has 0 amide bonds. The van der Waals surface area contributed by atoms with Crippen molar-refractivity contribution >= 4 is 0 Å². The molecule has 0 aromatic heterocycles. The normalized spacial score (nSPS) is 34.2. The summed E-state index contributed by atoms with van der Waals surface area (Å²) in [7, 11) is 0. The average molecular weight is 166 g/mol. The lowest BCUT2D eigenvalue weighted by molar-refractivity contribution is 0.298. The van der Waals surface area contributed by atoms with Crippen LogP contribution in [0.5, 0.6) is 0 Å². The van der Waals surface area contributed by atoms with Gasteiger partial charge in [-0.2, -0.15) is 0 Å². The minimum Gasteiger partial charge on any atom is -0.0914 e. The summed E-state index contributed by atoms with van der Waals surface area (Å²) in [5.41, 5.74) is 0.998. The number of hydrogen-bond acceptors (Lipinski definition) is 0. The zero-order valence-electron chi connectivity index (χ0n) is 9.31. The summed E-state index contributed by atoms with van der Waals surface area (Å²) < 4.78 is 0. The van der Waals surface area contributed by atoms with Crippen LogP contribution >= 0.6 is 0 Å². The highest BCUT2D eigenvalue weighted by Crippen LogP contribution is 2.66. The van der Waals surface area contributed by atoms with E-state index in [4.69, 9.17) is 0 Å². The van der Waals surface area contributed by atoms with Crippen molar-refractivity contribution in [2.75, 3.05) is 0 Å². The minimum atomic E-state index is 0.466. The van der Waals surface area contributed by atoms with Crippen LogP contribution in [-0.4, -0.2) is 0 Å². The lowest BCUT2D eigenvalue weighted by Gasteiger charge is -2.19. The minimum absolute atomic E-state index is 0.466. The standard InChI is InChI=1S/C12H22/c1-7-8-9-10(11(2,3)4)12(9,5)6/h7-10H,1-6H3/b8-7+. The van der Waals surface area contributed by atoms with Crippen LogP contribution in [0, 0.1) is 22.7 Å². The molecule has 2 unspecified atom stereocenters. The summed E-state index contributed by atoms with van der Waals surface area (Å²) in [6, 6.07) is 0. The summed E-state index contributed by atoms with van der Waals surface area (Å²) in [6.45, 7) is 13.9. The summed E-state index contributed by atoms with van der Waals surface area (Å²) in [6.07, 6.45) is 4.56. The molecule has 2 atom stereocenters. The molecule has 12 heavy (non-hydrogen) atoms. The van der Waals surface area contributed by atoms with Gasteiger partial charge in [-0.15, -0.1) is 0 Å². The van der Waals surface area contributed by atoms with E-state index < -0.39 is 0 Å². The molecule has 0 aromatic rings. The zero-order chi connectivity index (χ0) is 9.57. The Kier molecular flexibility index (Phi) is 2.14. The second kappa shape index (κ2) is 2.61. The van der Waals surface area contributed by atoms with Crippen molar-refractivity contribution in [3.05, 3.63) is 12.2 Å². The first kappa shape index (κ1) is 9.83. The predicted molar refractivity (Wildman–Crippen MR) is 55.0 cm³/mol. The molecule has 0 N–H and O–H groups in total. The van der Waals surface area contributed by atoms with Gasteiger partial charge in [0, 0.05) is 0 Å². The topological polar surface area (TPSA) is 0 Å². The molecule has 0 spiro atoms. The van der Waals surface area contributed by atoms with Crippen LogP contribution in [0.1, 0.15) is 41.5 Å². The molecule has 0 radical (unpaired) electrons. The summed E-state index contributed by atoms with van der Waals surface area (Å²) in [5, 5.41) is 0. The van der Waals surface area contributed by atoms with E-state index in [1.54, 1.807) is 0 Å². The van der Waals surface area contributed by atoms with Gasteiger partial charge in [0.1, 0.15) is 0 Å². The van der Waals surface area contributed by atoms with Crippen LogP contribution in [0.4, 0.5) is 0 Å². The average Bonchev–Trinajstić information content (AvgIpc) is 2.33. The zero-order valence-corrected chi connectivity index (χ0v) is 9.31. The molecular weight excluding hydrogens is 144 g/mol. The van der Waals surface area contributed by atoms with Crippen molar-refractivity contribution in [2.45, 2.75) is 41.5 Å². The van der Waals surface area contributed by atoms with Gasteiger partial charge in [-0.05, 0) is 29.6 Å². The fourth-order valence-electron chi connectivity index (χ4n) is 2.90. The smallest absolute Gasteiger partial charge is 0.0141 e. The van der Waals surface area contributed by atoms with E-state index in [0.717, 1.165) is 11.8 Å². The second-order valence-electron chi connectivity index (χ2n) is 5.72. The molecule has 0 heteroatoms. The number of hydrogen-bond donors (Lipinski definition) is 0. The molecule has 1 saturated carbocycles. The second-order valence-corrected chi connectivity index (χ2v) is 5.72. The van der Waals surface area contributed by atoms with E-state index in [1.807, 2.05) is 0 Å². The Balaban J connectivity index is 2.73. The van der Waals surface area contributed by atoms with Gasteiger partial charge in [0.25, 0.3) is 0 Å². The van der Waals surface area contributed by atoms with Crippen molar-refractivity contribution in [1.82, 2.24) is 0 Å². The van der Waals surface area contributed by atoms with E-state index in [0.29, 0.717) is 10.8 Å². The highest BCUT2D eigenvalue weighted by molar-refractivity contribution is 5.17. The van der Waals surface area contributed by atoms with Gasteiger partial charge in [0.2, 0.25) is 0 Å². The molecule has 0 aliphatic heterocycles. The summed E-state index contributed by atoms with van der Waals surface area (Å²) >= 11 is 0. The molecular formula is C12H22. The van der Waals surface area contributed by atoms with Gasteiger partial charge in [0.05, 0.1) is 0 Å². The van der Waals surface area contributed by atoms with Gasteiger partial charge in [-0.3, -0.25) is 0 Å². The van der Waals surface area contributed by atoms with E-state index in [2.05, 4.69) is 53.7 Å². The Labute approximate surface area is 77.1 Å². The Hall–Kier alpha value is -0.260. The Bertz CT molecular complexity index is 191. The van der Waals surface area contributed by atoms with Crippen molar-refractivity contribution in [3.8, 4) is 0 Å². The van der Waals surface area contributed by atoms with Crippen LogP contribution in [0.15, 0.2) is 12.2 Å². The van der Waals surface area contributed by atoms with Crippen LogP contribution < -0.4 is 0 Å². The maximum Gasteiger partial charge on any atom is -0.0141 e. The number of rotatable bonds is 1.